The molecule has 0 saturated carbocycles. The number of hydrogen-bond donors (Lipinski definition) is 1. The van der Waals surface area contributed by atoms with Gasteiger partial charge < -0.3 is 4.84 Å². The first-order chi connectivity index (χ1) is 6.95. The molecule has 3 heteroatoms. The van der Waals surface area contributed by atoms with Crippen molar-refractivity contribution in [1.82, 2.24) is 4.98 Å². The largest absolute Gasteiger partial charge is 0.390 e. The van der Waals surface area contributed by atoms with Crippen molar-refractivity contribution in [1.29, 1.82) is 0 Å². The minimum Gasteiger partial charge on any atom is -0.390 e. The standard InChI is InChI=1S/C11H8N2O/c1-2-9-4-6-14-13-11(9)10-7-12-5-3-8(1)10/h1-7,13H. The van der Waals surface area contributed by atoms with Crippen molar-refractivity contribution in [2.24, 2.45) is 0 Å². The molecule has 0 atom stereocenters. The highest BCUT2D eigenvalue weighted by Gasteiger charge is 2.08. The Morgan fingerprint density at radius 1 is 1.21 bits per heavy atom. The summed E-state index contributed by atoms with van der Waals surface area (Å²) in [6.45, 7) is 0. The van der Waals surface area contributed by atoms with Gasteiger partial charge in [-0.3, -0.25) is 4.98 Å². The van der Waals surface area contributed by atoms with Crippen molar-refractivity contribution < 1.29 is 4.84 Å². The molecular formula is C11H8N2O. The minimum absolute atomic E-state index is 0.984. The second-order valence-electron chi connectivity index (χ2n) is 3.15. The van der Waals surface area contributed by atoms with Gasteiger partial charge in [-0.05, 0) is 17.5 Å². The van der Waals surface area contributed by atoms with E-state index in [2.05, 4.69) is 22.6 Å². The van der Waals surface area contributed by atoms with Gasteiger partial charge in [-0.15, -0.1) is 0 Å². The molecule has 0 fully saturated rings. The van der Waals surface area contributed by atoms with Crippen LogP contribution in [0.25, 0.3) is 16.8 Å². The maximum absolute atomic E-state index is 5.05. The van der Waals surface area contributed by atoms with Gasteiger partial charge in [0.15, 0.2) is 0 Å². The van der Waals surface area contributed by atoms with Crippen molar-refractivity contribution in [2.75, 3.05) is 5.48 Å². The Morgan fingerprint density at radius 3 is 3.21 bits per heavy atom. The second kappa shape index (κ2) is 2.73. The molecule has 0 unspecified atom stereocenters. The topological polar surface area (TPSA) is 34.2 Å². The summed E-state index contributed by atoms with van der Waals surface area (Å²) in [7, 11) is 0. The number of pyridine rings is 1. The van der Waals surface area contributed by atoms with Crippen LogP contribution in [0.5, 0.6) is 0 Å². The molecule has 1 aliphatic heterocycles. The lowest BCUT2D eigenvalue weighted by Crippen LogP contribution is -2.02. The number of benzene rings is 1. The van der Waals surface area contributed by atoms with E-state index in [0.717, 1.165) is 22.0 Å². The number of anilines is 1. The normalized spacial score (nSPS) is 13.1. The first kappa shape index (κ1) is 7.38. The molecule has 3 nitrogen and oxygen atoms in total. The predicted octanol–water partition coefficient (Wildman–Crippen LogP) is 2.56. The van der Waals surface area contributed by atoms with Gasteiger partial charge in [0, 0.05) is 23.3 Å². The summed E-state index contributed by atoms with van der Waals surface area (Å²) >= 11 is 0. The van der Waals surface area contributed by atoms with Gasteiger partial charge in [0.05, 0.1) is 5.69 Å². The molecule has 0 bridgehead atoms. The molecule has 2 heterocycles. The van der Waals surface area contributed by atoms with Crippen LogP contribution < -0.4 is 5.48 Å². The second-order valence-corrected chi connectivity index (χ2v) is 3.15. The number of rotatable bonds is 0. The Kier molecular flexibility index (Phi) is 1.44. The summed E-state index contributed by atoms with van der Waals surface area (Å²) in [4.78, 5) is 9.15. The van der Waals surface area contributed by atoms with Gasteiger partial charge in [0.25, 0.3) is 0 Å². The van der Waals surface area contributed by atoms with Gasteiger partial charge in [-0.1, -0.05) is 12.1 Å². The third-order valence-electron chi connectivity index (χ3n) is 2.33. The quantitative estimate of drug-likeness (QED) is 0.683. The molecule has 0 spiro atoms. The van der Waals surface area contributed by atoms with Crippen molar-refractivity contribution in [3.63, 3.8) is 0 Å². The molecule has 1 N–H and O–H groups in total. The van der Waals surface area contributed by atoms with E-state index in [1.807, 2.05) is 18.3 Å². The molecule has 0 aliphatic carbocycles. The lowest BCUT2D eigenvalue weighted by Gasteiger charge is -2.14. The summed E-state index contributed by atoms with van der Waals surface area (Å²) in [5.41, 5.74) is 4.99. The molecule has 1 aliphatic rings. The van der Waals surface area contributed by atoms with E-state index in [1.165, 1.54) is 0 Å². The zero-order valence-corrected chi connectivity index (χ0v) is 7.40. The summed E-state index contributed by atoms with van der Waals surface area (Å²) < 4.78 is 0. The fourth-order valence-electron chi connectivity index (χ4n) is 1.63. The molecule has 0 saturated heterocycles. The first-order valence-electron chi connectivity index (χ1n) is 4.40. The Hall–Kier alpha value is -2.03. The molecule has 2 aromatic rings. The van der Waals surface area contributed by atoms with Crippen LogP contribution in [0.3, 0.4) is 0 Å². The summed E-state index contributed by atoms with van der Waals surface area (Å²) in [6.07, 6.45) is 7.18. The van der Waals surface area contributed by atoms with E-state index in [-0.39, 0.29) is 0 Å². The number of hydrogen-bond acceptors (Lipinski definition) is 3. The third kappa shape index (κ3) is 0.956. The molecular weight excluding hydrogens is 176 g/mol. The molecule has 3 rings (SSSR count). The van der Waals surface area contributed by atoms with E-state index in [9.17, 15) is 0 Å². The van der Waals surface area contributed by atoms with Gasteiger partial charge in [-0.25, -0.2) is 5.48 Å². The highest BCUT2D eigenvalue weighted by atomic mass is 16.6. The number of fused-ring (bicyclic) bond motifs is 3. The molecule has 0 radical (unpaired) electrons. The Labute approximate surface area is 81.0 Å². The molecule has 14 heavy (non-hydrogen) atoms. The van der Waals surface area contributed by atoms with Crippen LogP contribution >= 0.6 is 0 Å². The third-order valence-corrected chi connectivity index (χ3v) is 2.33. The van der Waals surface area contributed by atoms with E-state index in [4.69, 9.17) is 4.84 Å². The Morgan fingerprint density at radius 2 is 2.21 bits per heavy atom. The highest BCUT2D eigenvalue weighted by molar-refractivity contribution is 5.97. The van der Waals surface area contributed by atoms with Gasteiger partial charge in [-0.2, -0.15) is 0 Å². The van der Waals surface area contributed by atoms with E-state index in [1.54, 1.807) is 12.5 Å². The van der Waals surface area contributed by atoms with Gasteiger partial charge in [0.2, 0.25) is 0 Å². The summed E-state index contributed by atoms with van der Waals surface area (Å²) in [5, 5.41) is 2.24. The first-order valence-corrected chi connectivity index (χ1v) is 4.40. The van der Waals surface area contributed by atoms with Crippen LogP contribution in [0.2, 0.25) is 0 Å². The van der Waals surface area contributed by atoms with Crippen molar-refractivity contribution in [2.45, 2.75) is 0 Å². The molecule has 0 amide bonds. The lowest BCUT2D eigenvalue weighted by atomic mass is 10.1. The van der Waals surface area contributed by atoms with E-state index < -0.39 is 0 Å². The van der Waals surface area contributed by atoms with Crippen LogP contribution in [-0.2, 0) is 4.84 Å². The molecule has 1 aromatic carbocycles. The Bertz CT molecular complexity index is 520. The Balaban J connectivity index is 2.41. The predicted molar refractivity (Wildman–Crippen MR) is 55.5 cm³/mol. The van der Waals surface area contributed by atoms with Crippen LogP contribution in [0, 0.1) is 0 Å². The summed E-state index contributed by atoms with van der Waals surface area (Å²) in [6, 6.07) is 6.12. The number of nitrogens with one attached hydrogen (secondary N) is 1. The number of nitrogens with zero attached hydrogens (tertiary/aromatic N) is 1. The fourth-order valence-corrected chi connectivity index (χ4v) is 1.63. The monoisotopic (exact) mass is 184 g/mol. The van der Waals surface area contributed by atoms with Crippen molar-refractivity contribution in [3.8, 4) is 0 Å². The van der Waals surface area contributed by atoms with Crippen molar-refractivity contribution in [3.05, 3.63) is 42.4 Å². The van der Waals surface area contributed by atoms with Crippen LogP contribution in [0.15, 0.2) is 36.9 Å². The molecule has 68 valence electrons. The highest BCUT2D eigenvalue weighted by Crippen LogP contribution is 2.29. The number of aromatic nitrogens is 1. The molecule has 1 aromatic heterocycles. The fraction of sp³-hybridized carbons (Fsp3) is 0. The van der Waals surface area contributed by atoms with Crippen LogP contribution in [-0.4, -0.2) is 4.98 Å². The van der Waals surface area contributed by atoms with Crippen molar-refractivity contribution >= 4 is 22.5 Å². The zero-order valence-electron chi connectivity index (χ0n) is 7.40. The van der Waals surface area contributed by atoms with E-state index in [0.29, 0.717) is 0 Å². The average Bonchev–Trinajstić information content (AvgIpc) is 2.29. The smallest absolute Gasteiger partial charge is 0.119 e. The van der Waals surface area contributed by atoms with E-state index >= 15 is 0 Å². The zero-order chi connectivity index (χ0) is 9.38. The lowest BCUT2D eigenvalue weighted by molar-refractivity contribution is 0.330. The maximum atomic E-state index is 5.05. The SMILES string of the molecule is C1=Cc2ccc3ccncc3c2NO1. The maximum Gasteiger partial charge on any atom is 0.119 e. The average molecular weight is 184 g/mol. The summed E-state index contributed by atoms with van der Waals surface area (Å²) in [5.74, 6) is 0. The van der Waals surface area contributed by atoms with Crippen LogP contribution in [0.4, 0.5) is 5.69 Å². The van der Waals surface area contributed by atoms with Crippen LogP contribution in [0.1, 0.15) is 5.56 Å². The van der Waals surface area contributed by atoms with Gasteiger partial charge >= 0.3 is 0 Å². The van der Waals surface area contributed by atoms with Gasteiger partial charge in [0.1, 0.15) is 6.26 Å². The minimum atomic E-state index is 0.984.